The molecule has 14 heteroatoms. The maximum atomic E-state index is 13.9. The summed E-state index contributed by atoms with van der Waals surface area (Å²) in [6, 6.07) is 12.6. The van der Waals surface area contributed by atoms with Crippen LogP contribution in [0.2, 0.25) is 0 Å². The van der Waals surface area contributed by atoms with E-state index < -0.39 is 45.5 Å². The van der Waals surface area contributed by atoms with Crippen LogP contribution < -0.4 is 14.8 Å². The van der Waals surface area contributed by atoms with Crippen molar-refractivity contribution in [2.45, 2.75) is 50.3 Å². The summed E-state index contributed by atoms with van der Waals surface area (Å²) >= 11 is 0. The van der Waals surface area contributed by atoms with Gasteiger partial charge in [0.1, 0.15) is 11.5 Å². The van der Waals surface area contributed by atoms with Crippen molar-refractivity contribution in [3.8, 4) is 17.1 Å². The van der Waals surface area contributed by atoms with E-state index in [9.17, 15) is 31.2 Å². The molecular weight excluding hydrogens is 587 g/mol. The predicted octanol–water partition coefficient (Wildman–Crippen LogP) is 4.45. The number of benzene rings is 2. The Hall–Kier alpha value is -4.20. The number of anilines is 2. The zero-order valence-corrected chi connectivity index (χ0v) is 24.1. The number of fused-ring (bicyclic) bond motifs is 6. The zero-order chi connectivity index (χ0) is 30.7. The van der Waals surface area contributed by atoms with Crippen LogP contribution in [-0.2, 0) is 19.6 Å². The first-order chi connectivity index (χ1) is 20.3. The number of nitrogens with one attached hydrogen (secondary N) is 2. The maximum absolute atomic E-state index is 13.9. The Morgan fingerprint density at radius 2 is 1.74 bits per heavy atom. The summed E-state index contributed by atoms with van der Waals surface area (Å²) in [5, 5.41) is 2.65. The van der Waals surface area contributed by atoms with Crippen molar-refractivity contribution in [3.63, 3.8) is 0 Å². The van der Waals surface area contributed by atoms with Crippen molar-refractivity contribution in [3.05, 3.63) is 59.7 Å². The van der Waals surface area contributed by atoms with E-state index in [1.54, 1.807) is 0 Å². The van der Waals surface area contributed by atoms with Gasteiger partial charge in [-0.1, -0.05) is 24.3 Å². The van der Waals surface area contributed by atoms with Crippen LogP contribution in [0.1, 0.15) is 30.4 Å². The summed E-state index contributed by atoms with van der Waals surface area (Å²) < 4.78 is 76.8. The quantitative estimate of drug-likeness (QED) is 0.436. The zero-order valence-electron chi connectivity index (χ0n) is 23.2. The molecular formula is C29H28F3N5O5S. The number of hydrogen-bond acceptors (Lipinski definition) is 7. The number of amides is 2. The van der Waals surface area contributed by atoms with Gasteiger partial charge in [-0.15, -0.1) is 0 Å². The number of rotatable bonds is 2. The summed E-state index contributed by atoms with van der Waals surface area (Å²) in [6.07, 6.45) is -6.17. The molecule has 1 aliphatic carbocycles. The van der Waals surface area contributed by atoms with Crippen LogP contribution in [0.3, 0.4) is 0 Å². The van der Waals surface area contributed by atoms with Gasteiger partial charge >= 0.3 is 6.18 Å². The van der Waals surface area contributed by atoms with E-state index in [-0.39, 0.29) is 54.8 Å². The number of carbonyl (C=O) groups excluding carboxylic acids is 2. The molecule has 0 spiro atoms. The van der Waals surface area contributed by atoms with Gasteiger partial charge in [0.15, 0.2) is 0 Å². The highest BCUT2D eigenvalue weighted by molar-refractivity contribution is 7.92. The molecule has 2 atom stereocenters. The number of hydrogen-bond donors (Lipinski definition) is 2. The first-order valence-electron chi connectivity index (χ1n) is 13.7. The van der Waals surface area contributed by atoms with Gasteiger partial charge in [0, 0.05) is 23.9 Å². The first kappa shape index (κ1) is 28.9. The molecule has 1 aromatic heterocycles. The Bertz CT molecular complexity index is 1720. The standard InChI is InChI=1S/C29H28F3N5O5S/c1-16-5-3-6-17(2)24(16)22-13-23-35-27(34-22)36-43(40,41)21-8-4-7-19(12-21)33-25(38)18-11-20(42-23)15-37(14-18)26(39)28(9-10-28)29(30,31)32/h3-8,12-13,18,20H,9-11,14-15H2,1-2H3,(H,33,38)(H,34,35,36)/t18-,20+/m1/s1. The van der Waals surface area contributed by atoms with Gasteiger partial charge in [-0.2, -0.15) is 18.2 Å². The van der Waals surface area contributed by atoms with Crippen LogP contribution in [0, 0.1) is 25.2 Å². The molecule has 6 rings (SSSR count). The van der Waals surface area contributed by atoms with Crippen LogP contribution in [-0.4, -0.2) is 60.5 Å². The summed E-state index contributed by atoms with van der Waals surface area (Å²) in [4.78, 5) is 36.2. The monoisotopic (exact) mass is 615 g/mol. The molecule has 2 aromatic carbocycles. The fraction of sp³-hybridized carbons (Fsp3) is 0.379. The average molecular weight is 616 g/mol. The molecule has 2 amide bonds. The molecule has 0 radical (unpaired) electrons. The first-order valence-corrected chi connectivity index (χ1v) is 15.2. The molecule has 10 nitrogen and oxygen atoms in total. The fourth-order valence-corrected chi connectivity index (χ4v) is 6.74. The van der Waals surface area contributed by atoms with Gasteiger partial charge in [0.05, 0.1) is 23.1 Å². The van der Waals surface area contributed by atoms with E-state index in [1.807, 2.05) is 32.0 Å². The molecule has 43 heavy (non-hydrogen) atoms. The minimum Gasteiger partial charge on any atom is -0.472 e. The van der Waals surface area contributed by atoms with E-state index >= 15 is 0 Å². The van der Waals surface area contributed by atoms with Gasteiger partial charge in [-0.05, 0) is 62.4 Å². The van der Waals surface area contributed by atoms with E-state index in [1.165, 1.54) is 30.3 Å². The van der Waals surface area contributed by atoms with Crippen LogP contribution in [0.25, 0.3) is 11.3 Å². The minimum absolute atomic E-state index is 0.0634. The molecule has 3 aliphatic rings. The topological polar surface area (TPSA) is 131 Å². The Morgan fingerprint density at radius 3 is 2.42 bits per heavy atom. The van der Waals surface area contributed by atoms with Crippen molar-refractivity contribution < 1.29 is 35.9 Å². The van der Waals surface area contributed by atoms with Crippen LogP contribution in [0.5, 0.6) is 5.88 Å². The Balaban J connectivity index is 1.46. The molecule has 3 aromatic rings. The number of aromatic nitrogens is 2. The van der Waals surface area contributed by atoms with Crippen molar-refractivity contribution >= 4 is 33.5 Å². The molecule has 3 heterocycles. The van der Waals surface area contributed by atoms with Crippen molar-refractivity contribution in [2.24, 2.45) is 11.3 Å². The number of nitrogens with zero attached hydrogens (tertiary/aromatic N) is 3. The number of carbonyl (C=O) groups is 2. The third-order valence-electron chi connectivity index (χ3n) is 8.14. The summed E-state index contributed by atoms with van der Waals surface area (Å²) in [5.41, 5.74) is 0.483. The van der Waals surface area contributed by atoms with Gasteiger partial charge in [-0.25, -0.2) is 18.1 Å². The minimum atomic E-state index is -4.72. The molecule has 6 bridgehead atoms. The average Bonchev–Trinajstić information content (AvgIpc) is 3.74. The summed E-state index contributed by atoms with van der Waals surface area (Å²) in [6.45, 7) is 3.29. The number of piperidine rings is 1. The lowest BCUT2D eigenvalue weighted by atomic mass is 9.92. The number of aryl methyl sites for hydroxylation is 2. The van der Waals surface area contributed by atoms with Crippen LogP contribution in [0.4, 0.5) is 24.8 Å². The second-order valence-electron chi connectivity index (χ2n) is 11.3. The summed E-state index contributed by atoms with van der Waals surface area (Å²) in [7, 11) is -4.21. The lowest BCUT2D eigenvalue weighted by Gasteiger charge is -2.39. The van der Waals surface area contributed by atoms with Gasteiger partial charge in [-0.3, -0.25) is 9.59 Å². The Morgan fingerprint density at radius 1 is 1.05 bits per heavy atom. The number of sulfonamides is 1. The smallest absolute Gasteiger partial charge is 0.403 e. The van der Waals surface area contributed by atoms with E-state index in [2.05, 4.69) is 20.0 Å². The Labute approximate surface area is 245 Å². The highest BCUT2D eigenvalue weighted by Crippen LogP contribution is 2.58. The molecule has 2 N–H and O–H groups in total. The second kappa shape index (κ2) is 10.2. The molecule has 1 saturated carbocycles. The number of likely N-dealkylation sites (tertiary alicyclic amines) is 1. The van der Waals surface area contributed by atoms with Crippen LogP contribution >= 0.6 is 0 Å². The lowest BCUT2D eigenvalue weighted by Crippen LogP contribution is -2.54. The lowest BCUT2D eigenvalue weighted by molar-refractivity contribution is -0.200. The van der Waals surface area contributed by atoms with E-state index in [4.69, 9.17) is 4.74 Å². The second-order valence-corrected chi connectivity index (χ2v) is 12.9. The van der Waals surface area contributed by atoms with Crippen LogP contribution in [0.15, 0.2) is 53.4 Å². The van der Waals surface area contributed by atoms with Gasteiger partial charge in [0.2, 0.25) is 23.6 Å². The van der Waals surface area contributed by atoms with Gasteiger partial charge in [0.25, 0.3) is 10.0 Å². The van der Waals surface area contributed by atoms with Crippen molar-refractivity contribution in [2.75, 3.05) is 23.1 Å². The normalized spacial score (nSPS) is 22.3. The highest BCUT2D eigenvalue weighted by atomic mass is 32.2. The van der Waals surface area contributed by atoms with Crippen molar-refractivity contribution in [1.82, 2.24) is 14.9 Å². The van der Waals surface area contributed by atoms with E-state index in [0.717, 1.165) is 21.6 Å². The SMILES string of the molecule is Cc1cccc(C)c1-c1cc2nc(n1)NS(=O)(=O)c1cccc(c1)NC(=O)[C@@H]1C[C@@H](CN(C(=O)C3(C(F)(F)F)CC3)C1)O2. The molecule has 2 fully saturated rings. The number of alkyl halides is 3. The largest absolute Gasteiger partial charge is 0.472 e. The van der Waals surface area contributed by atoms with Crippen molar-refractivity contribution in [1.29, 1.82) is 0 Å². The highest BCUT2D eigenvalue weighted by Gasteiger charge is 2.69. The fourth-order valence-electron chi connectivity index (χ4n) is 5.75. The third-order valence-corrected chi connectivity index (χ3v) is 9.46. The Kier molecular flexibility index (Phi) is 6.86. The van der Waals surface area contributed by atoms with Gasteiger partial charge < -0.3 is 15.0 Å². The number of ether oxygens (including phenoxy) is 1. The summed E-state index contributed by atoms with van der Waals surface area (Å²) in [5.74, 6) is -2.95. The predicted molar refractivity (Wildman–Crippen MR) is 150 cm³/mol. The molecule has 0 unspecified atom stereocenters. The van der Waals surface area contributed by atoms with E-state index in [0.29, 0.717) is 5.69 Å². The molecule has 2 aliphatic heterocycles. The maximum Gasteiger partial charge on any atom is 0.403 e. The molecule has 226 valence electrons. The molecule has 1 saturated heterocycles. The number of halogens is 3. The third kappa shape index (κ3) is 5.39.